The molecule has 1 aliphatic rings. The average molecular weight is 289 g/mol. The predicted octanol–water partition coefficient (Wildman–Crippen LogP) is 2.03. The quantitative estimate of drug-likeness (QED) is 0.718. The number of carbonyl (C=O) groups excluding carboxylic acids is 2. The van der Waals surface area contributed by atoms with E-state index in [-0.39, 0.29) is 11.8 Å². The molecule has 0 heterocycles. The van der Waals surface area contributed by atoms with E-state index in [2.05, 4.69) is 17.6 Å². The molecule has 1 aromatic carbocycles. The van der Waals surface area contributed by atoms with Crippen molar-refractivity contribution < 1.29 is 9.59 Å². The van der Waals surface area contributed by atoms with E-state index < -0.39 is 6.04 Å². The number of nitrogens with one attached hydrogen (secondary N) is 2. The van der Waals surface area contributed by atoms with E-state index in [1.165, 1.54) is 0 Å². The Kier molecular flexibility index (Phi) is 5.33. The van der Waals surface area contributed by atoms with Gasteiger partial charge in [0.2, 0.25) is 5.91 Å². The monoisotopic (exact) mass is 289 g/mol. The van der Waals surface area contributed by atoms with Gasteiger partial charge in [-0.05, 0) is 37.5 Å². The van der Waals surface area contributed by atoms with Crippen molar-refractivity contribution in [2.75, 3.05) is 5.32 Å². The maximum absolute atomic E-state index is 12.0. The summed E-state index contributed by atoms with van der Waals surface area (Å²) in [6.45, 7) is 2.06. The Balaban J connectivity index is 1.93. The maximum atomic E-state index is 12.0. The van der Waals surface area contributed by atoms with E-state index in [0.29, 0.717) is 23.7 Å². The van der Waals surface area contributed by atoms with Crippen molar-refractivity contribution in [2.24, 2.45) is 5.73 Å². The van der Waals surface area contributed by atoms with Crippen LogP contribution in [0.15, 0.2) is 24.3 Å². The van der Waals surface area contributed by atoms with E-state index in [1.807, 2.05) is 0 Å². The summed E-state index contributed by atoms with van der Waals surface area (Å²) in [5.74, 6) is -0.299. The lowest BCUT2D eigenvalue weighted by Crippen LogP contribution is -2.35. The fourth-order valence-corrected chi connectivity index (χ4v) is 2.02. The number of carbonyl (C=O) groups is 2. The van der Waals surface area contributed by atoms with Crippen molar-refractivity contribution >= 4 is 17.5 Å². The summed E-state index contributed by atoms with van der Waals surface area (Å²) >= 11 is 0. The van der Waals surface area contributed by atoms with Crippen LogP contribution < -0.4 is 16.4 Å². The number of benzene rings is 1. The lowest BCUT2D eigenvalue weighted by molar-refractivity contribution is -0.117. The second kappa shape index (κ2) is 7.22. The van der Waals surface area contributed by atoms with Crippen LogP contribution in [0.3, 0.4) is 0 Å². The fraction of sp³-hybridized carbons (Fsp3) is 0.500. The highest BCUT2D eigenvalue weighted by Gasteiger charge is 2.23. The number of unbranched alkanes of at least 4 members (excludes halogenated alkanes) is 1. The average Bonchev–Trinajstić information content (AvgIpc) is 3.28. The van der Waals surface area contributed by atoms with E-state index in [4.69, 9.17) is 5.73 Å². The van der Waals surface area contributed by atoms with Crippen LogP contribution in [-0.4, -0.2) is 23.9 Å². The first-order chi connectivity index (χ1) is 10.1. The van der Waals surface area contributed by atoms with Crippen LogP contribution in [0.5, 0.6) is 0 Å². The molecule has 0 spiro atoms. The minimum Gasteiger partial charge on any atom is -0.349 e. The Morgan fingerprint density at radius 1 is 1.38 bits per heavy atom. The zero-order chi connectivity index (χ0) is 15.2. The Hall–Kier alpha value is -1.88. The SMILES string of the molecule is CCCC[C@H](N)C(=O)Nc1cccc(C(=O)NC2CC2)c1. The molecule has 0 bridgehead atoms. The molecule has 0 aliphatic heterocycles. The number of hydrogen-bond acceptors (Lipinski definition) is 3. The van der Waals surface area contributed by atoms with Gasteiger partial charge in [0.05, 0.1) is 6.04 Å². The van der Waals surface area contributed by atoms with Crippen molar-refractivity contribution in [3.05, 3.63) is 29.8 Å². The highest BCUT2D eigenvalue weighted by Crippen LogP contribution is 2.20. The van der Waals surface area contributed by atoms with E-state index >= 15 is 0 Å². The second-order valence-electron chi connectivity index (χ2n) is 5.57. The first-order valence-electron chi connectivity index (χ1n) is 7.57. The van der Waals surface area contributed by atoms with E-state index in [1.54, 1.807) is 24.3 Å². The minimum atomic E-state index is -0.506. The molecule has 2 amide bonds. The van der Waals surface area contributed by atoms with Crippen molar-refractivity contribution in [1.29, 1.82) is 0 Å². The minimum absolute atomic E-state index is 0.0936. The van der Waals surface area contributed by atoms with Gasteiger partial charge < -0.3 is 16.4 Å². The molecule has 1 saturated carbocycles. The van der Waals surface area contributed by atoms with Gasteiger partial charge in [0, 0.05) is 17.3 Å². The predicted molar refractivity (Wildman–Crippen MR) is 83.1 cm³/mol. The Labute approximate surface area is 125 Å². The number of nitrogens with two attached hydrogens (primary N) is 1. The summed E-state index contributed by atoms with van der Waals surface area (Å²) in [4.78, 5) is 23.9. The van der Waals surface area contributed by atoms with Crippen LogP contribution >= 0.6 is 0 Å². The van der Waals surface area contributed by atoms with Crippen LogP contribution in [0.2, 0.25) is 0 Å². The van der Waals surface area contributed by atoms with E-state index in [9.17, 15) is 9.59 Å². The molecule has 5 heteroatoms. The lowest BCUT2D eigenvalue weighted by atomic mass is 10.1. The third-order valence-corrected chi connectivity index (χ3v) is 3.51. The molecule has 1 atom stereocenters. The lowest BCUT2D eigenvalue weighted by Gasteiger charge is -2.12. The summed E-state index contributed by atoms with van der Waals surface area (Å²) in [6.07, 6.45) is 4.71. The molecule has 0 radical (unpaired) electrons. The Morgan fingerprint density at radius 2 is 2.14 bits per heavy atom. The zero-order valence-electron chi connectivity index (χ0n) is 12.4. The molecular formula is C16H23N3O2. The normalized spacial score (nSPS) is 15.3. The topological polar surface area (TPSA) is 84.2 Å². The summed E-state index contributed by atoms with van der Waals surface area (Å²) < 4.78 is 0. The van der Waals surface area contributed by atoms with Crippen molar-refractivity contribution in [3.63, 3.8) is 0 Å². The highest BCUT2D eigenvalue weighted by atomic mass is 16.2. The maximum Gasteiger partial charge on any atom is 0.251 e. The van der Waals surface area contributed by atoms with Crippen LogP contribution in [0.25, 0.3) is 0 Å². The first-order valence-corrected chi connectivity index (χ1v) is 7.57. The summed E-state index contributed by atoms with van der Waals surface area (Å²) in [7, 11) is 0. The van der Waals surface area contributed by atoms with Crippen LogP contribution in [0.1, 0.15) is 49.4 Å². The molecule has 114 valence electrons. The van der Waals surface area contributed by atoms with Gasteiger partial charge in [0.1, 0.15) is 0 Å². The molecule has 0 unspecified atom stereocenters. The molecule has 0 saturated heterocycles. The first kappa shape index (κ1) is 15.5. The van der Waals surface area contributed by atoms with Gasteiger partial charge in [-0.2, -0.15) is 0 Å². The zero-order valence-corrected chi connectivity index (χ0v) is 12.4. The van der Waals surface area contributed by atoms with Gasteiger partial charge in [-0.25, -0.2) is 0 Å². The number of amides is 2. The van der Waals surface area contributed by atoms with Crippen LogP contribution in [-0.2, 0) is 4.79 Å². The molecule has 4 N–H and O–H groups in total. The van der Waals surface area contributed by atoms with Gasteiger partial charge in [-0.3, -0.25) is 9.59 Å². The number of rotatable bonds is 7. The molecule has 5 nitrogen and oxygen atoms in total. The van der Waals surface area contributed by atoms with Gasteiger partial charge >= 0.3 is 0 Å². The van der Waals surface area contributed by atoms with Gasteiger partial charge in [0.25, 0.3) is 5.91 Å². The molecule has 0 aromatic heterocycles. The molecule has 2 rings (SSSR count). The van der Waals surface area contributed by atoms with Crippen LogP contribution in [0, 0.1) is 0 Å². The van der Waals surface area contributed by atoms with Crippen molar-refractivity contribution in [2.45, 2.75) is 51.1 Å². The fourth-order valence-electron chi connectivity index (χ4n) is 2.02. The molecule has 1 fully saturated rings. The van der Waals surface area contributed by atoms with E-state index in [0.717, 1.165) is 25.7 Å². The molecule has 1 aromatic rings. The van der Waals surface area contributed by atoms with Crippen molar-refractivity contribution in [3.8, 4) is 0 Å². The van der Waals surface area contributed by atoms with Gasteiger partial charge in [-0.1, -0.05) is 25.8 Å². The van der Waals surface area contributed by atoms with Gasteiger partial charge in [0.15, 0.2) is 0 Å². The van der Waals surface area contributed by atoms with Crippen LogP contribution in [0.4, 0.5) is 5.69 Å². The van der Waals surface area contributed by atoms with Gasteiger partial charge in [-0.15, -0.1) is 0 Å². The standard InChI is InChI=1S/C16H23N3O2/c1-2-3-7-14(17)16(21)19-13-6-4-5-11(10-13)15(20)18-12-8-9-12/h4-6,10,12,14H,2-3,7-9,17H2,1H3,(H,18,20)(H,19,21)/t14-/m0/s1. The second-order valence-corrected chi connectivity index (χ2v) is 5.57. The number of anilines is 1. The summed E-state index contributed by atoms with van der Waals surface area (Å²) in [6, 6.07) is 6.76. The van der Waals surface area contributed by atoms with Crippen molar-refractivity contribution in [1.82, 2.24) is 5.32 Å². The number of hydrogen-bond donors (Lipinski definition) is 3. The largest absolute Gasteiger partial charge is 0.349 e. The third-order valence-electron chi connectivity index (χ3n) is 3.51. The Morgan fingerprint density at radius 3 is 2.81 bits per heavy atom. The third kappa shape index (κ3) is 4.86. The summed E-state index contributed by atoms with van der Waals surface area (Å²) in [5.41, 5.74) is 7.00. The molecule has 21 heavy (non-hydrogen) atoms. The molecule has 1 aliphatic carbocycles. The Bertz CT molecular complexity index is 512. The smallest absolute Gasteiger partial charge is 0.251 e. The molecular weight excluding hydrogens is 266 g/mol. The summed E-state index contributed by atoms with van der Waals surface area (Å²) in [5, 5.41) is 5.70. The highest BCUT2D eigenvalue weighted by molar-refractivity contribution is 5.98.